The highest BCUT2D eigenvalue weighted by molar-refractivity contribution is 7.19. The van der Waals surface area contributed by atoms with Crippen molar-refractivity contribution in [2.45, 2.75) is 6.92 Å². The number of ether oxygens (including phenoxy) is 2. The molecule has 0 saturated carbocycles. The Balaban J connectivity index is 2.52. The summed E-state index contributed by atoms with van der Waals surface area (Å²) < 4.78 is 10.6. The van der Waals surface area contributed by atoms with Crippen molar-refractivity contribution in [3.8, 4) is 21.9 Å². The summed E-state index contributed by atoms with van der Waals surface area (Å²) >= 11 is 1.49. The molecule has 0 spiro atoms. The van der Waals surface area contributed by atoms with Crippen molar-refractivity contribution in [2.24, 2.45) is 5.84 Å². The number of thiazole rings is 1. The van der Waals surface area contributed by atoms with E-state index >= 15 is 0 Å². The second kappa shape index (κ2) is 5.24. The van der Waals surface area contributed by atoms with Crippen molar-refractivity contribution < 1.29 is 9.47 Å². The van der Waals surface area contributed by atoms with E-state index in [0.717, 1.165) is 27.6 Å². The first-order valence-electron chi connectivity index (χ1n) is 5.36. The molecule has 2 rings (SSSR count). The van der Waals surface area contributed by atoms with Gasteiger partial charge in [-0.3, -0.25) is 5.43 Å². The molecule has 1 heterocycles. The number of aromatic nitrogens is 1. The second-order valence-corrected chi connectivity index (χ2v) is 4.64. The van der Waals surface area contributed by atoms with Crippen LogP contribution in [0.15, 0.2) is 18.2 Å². The van der Waals surface area contributed by atoms with Crippen LogP contribution in [0, 0.1) is 6.92 Å². The molecule has 6 heteroatoms. The predicted molar refractivity (Wildman–Crippen MR) is 73.2 cm³/mol. The zero-order valence-electron chi connectivity index (χ0n) is 10.5. The van der Waals surface area contributed by atoms with Gasteiger partial charge in [-0.05, 0) is 19.1 Å². The molecule has 0 aliphatic carbocycles. The fourth-order valence-electron chi connectivity index (χ4n) is 1.69. The lowest BCUT2D eigenvalue weighted by atomic mass is 10.1. The minimum atomic E-state index is 0.681. The van der Waals surface area contributed by atoms with Crippen LogP contribution in [0.1, 0.15) is 5.69 Å². The molecular weight excluding hydrogens is 250 g/mol. The smallest absolute Gasteiger partial charge is 0.197 e. The maximum Gasteiger partial charge on any atom is 0.197 e. The summed E-state index contributed by atoms with van der Waals surface area (Å²) in [5.41, 5.74) is 4.45. The van der Waals surface area contributed by atoms with Gasteiger partial charge in [0.15, 0.2) is 5.13 Å². The fourth-order valence-corrected chi connectivity index (χ4v) is 2.60. The summed E-state index contributed by atoms with van der Waals surface area (Å²) in [4.78, 5) is 5.35. The van der Waals surface area contributed by atoms with Gasteiger partial charge in [-0.15, -0.1) is 0 Å². The number of methoxy groups -OCH3 is 2. The van der Waals surface area contributed by atoms with E-state index in [1.54, 1.807) is 14.2 Å². The average molecular weight is 265 g/mol. The predicted octanol–water partition coefficient (Wildman–Crippen LogP) is 2.42. The number of nitrogens with zero attached hydrogens (tertiary/aromatic N) is 1. The van der Waals surface area contributed by atoms with E-state index in [2.05, 4.69) is 10.4 Å². The minimum Gasteiger partial charge on any atom is -0.497 e. The number of hydrazine groups is 1. The van der Waals surface area contributed by atoms with Crippen molar-refractivity contribution in [3.63, 3.8) is 0 Å². The van der Waals surface area contributed by atoms with Crippen molar-refractivity contribution in [1.82, 2.24) is 4.98 Å². The van der Waals surface area contributed by atoms with Crippen molar-refractivity contribution in [2.75, 3.05) is 19.6 Å². The summed E-state index contributed by atoms with van der Waals surface area (Å²) in [6.07, 6.45) is 0. The lowest BCUT2D eigenvalue weighted by molar-refractivity contribution is 0.395. The highest BCUT2D eigenvalue weighted by Gasteiger charge is 2.14. The minimum absolute atomic E-state index is 0.681. The van der Waals surface area contributed by atoms with Gasteiger partial charge >= 0.3 is 0 Å². The zero-order chi connectivity index (χ0) is 13.1. The Kier molecular flexibility index (Phi) is 3.69. The third kappa shape index (κ3) is 2.25. The molecule has 18 heavy (non-hydrogen) atoms. The Hall–Kier alpha value is -1.79. The van der Waals surface area contributed by atoms with Gasteiger partial charge in [0.2, 0.25) is 0 Å². The van der Waals surface area contributed by atoms with Gasteiger partial charge in [0.1, 0.15) is 11.5 Å². The molecule has 0 amide bonds. The lowest BCUT2D eigenvalue weighted by Gasteiger charge is -2.09. The topological polar surface area (TPSA) is 69.4 Å². The van der Waals surface area contributed by atoms with Crippen LogP contribution in [-0.2, 0) is 0 Å². The van der Waals surface area contributed by atoms with Crippen LogP contribution in [-0.4, -0.2) is 19.2 Å². The van der Waals surface area contributed by atoms with Gasteiger partial charge in [-0.2, -0.15) is 0 Å². The second-order valence-electron chi connectivity index (χ2n) is 3.64. The standard InChI is InChI=1S/C12H15N3O2S/c1-7-11(18-12(14-7)15-13)9-5-4-8(16-2)6-10(9)17-3/h4-6H,13H2,1-3H3,(H,14,15). The SMILES string of the molecule is COc1ccc(-c2sc(NN)nc2C)c(OC)c1. The zero-order valence-corrected chi connectivity index (χ0v) is 11.3. The summed E-state index contributed by atoms with van der Waals surface area (Å²) in [5, 5.41) is 0.681. The quantitative estimate of drug-likeness (QED) is 0.656. The van der Waals surface area contributed by atoms with Gasteiger partial charge in [-0.1, -0.05) is 11.3 Å². The Morgan fingerprint density at radius 1 is 1.28 bits per heavy atom. The summed E-state index contributed by atoms with van der Waals surface area (Å²) in [5.74, 6) is 6.89. The Labute approximate surface area is 110 Å². The Bertz CT molecular complexity index is 554. The van der Waals surface area contributed by atoms with E-state index in [4.69, 9.17) is 15.3 Å². The van der Waals surface area contributed by atoms with Gasteiger partial charge in [0.25, 0.3) is 0 Å². The summed E-state index contributed by atoms with van der Waals surface area (Å²) in [7, 11) is 3.26. The number of anilines is 1. The number of rotatable bonds is 4. The normalized spacial score (nSPS) is 10.2. The highest BCUT2D eigenvalue weighted by Crippen LogP contribution is 2.39. The molecule has 1 aromatic carbocycles. The van der Waals surface area contributed by atoms with Crippen LogP contribution in [0.4, 0.5) is 5.13 Å². The number of aryl methyl sites for hydroxylation is 1. The molecule has 96 valence electrons. The number of nitrogens with two attached hydrogens (primary N) is 1. The van der Waals surface area contributed by atoms with E-state index < -0.39 is 0 Å². The molecule has 0 atom stereocenters. The van der Waals surface area contributed by atoms with E-state index in [0.29, 0.717) is 5.13 Å². The Morgan fingerprint density at radius 2 is 2.06 bits per heavy atom. The maximum absolute atomic E-state index is 5.39. The van der Waals surface area contributed by atoms with Crippen LogP contribution in [0.2, 0.25) is 0 Å². The van der Waals surface area contributed by atoms with E-state index in [9.17, 15) is 0 Å². The number of nitrogens with one attached hydrogen (secondary N) is 1. The number of nitrogen functional groups attached to an aromatic ring is 1. The number of hydrogen-bond donors (Lipinski definition) is 2. The first kappa shape index (κ1) is 12.7. The van der Waals surface area contributed by atoms with Crippen molar-refractivity contribution in [1.29, 1.82) is 0 Å². The largest absolute Gasteiger partial charge is 0.497 e. The van der Waals surface area contributed by atoms with E-state index in [1.165, 1.54) is 11.3 Å². The lowest BCUT2D eigenvalue weighted by Crippen LogP contribution is -2.05. The van der Waals surface area contributed by atoms with Gasteiger partial charge in [0, 0.05) is 11.6 Å². The fraction of sp³-hybridized carbons (Fsp3) is 0.250. The first-order valence-corrected chi connectivity index (χ1v) is 6.17. The number of hydrogen-bond acceptors (Lipinski definition) is 6. The average Bonchev–Trinajstić information content (AvgIpc) is 2.79. The summed E-state index contributed by atoms with van der Waals surface area (Å²) in [6, 6.07) is 5.70. The van der Waals surface area contributed by atoms with Crippen LogP contribution in [0.5, 0.6) is 11.5 Å². The molecule has 0 saturated heterocycles. The molecule has 0 unspecified atom stereocenters. The van der Waals surface area contributed by atoms with E-state index in [1.807, 2.05) is 25.1 Å². The van der Waals surface area contributed by atoms with Crippen LogP contribution in [0.25, 0.3) is 10.4 Å². The maximum atomic E-state index is 5.39. The van der Waals surface area contributed by atoms with Crippen LogP contribution < -0.4 is 20.7 Å². The Morgan fingerprint density at radius 3 is 2.61 bits per heavy atom. The van der Waals surface area contributed by atoms with E-state index in [-0.39, 0.29) is 0 Å². The molecule has 1 aromatic heterocycles. The van der Waals surface area contributed by atoms with Crippen molar-refractivity contribution in [3.05, 3.63) is 23.9 Å². The third-order valence-electron chi connectivity index (χ3n) is 2.57. The molecule has 0 aliphatic rings. The molecule has 2 aromatic rings. The molecule has 5 nitrogen and oxygen atoms in total. The molecule has 0 fully saturated rings. The molecule has 0 bridgehead atoms. The summed E-state index contributed by atoms with van der Waals surface area (Å²) in [6.45, 7) is 1.94. The molecule has 3 N–H and O–H groups in total. The first-order chi connectivity index (χ1) is 8.69. The van der Waals surface area contributed by atoms with Crippen molar-refractivity contribution >= 4 is 16.5 Å². The van der Waals surface area contributed by atoms with Gasteiger partial charge in [0.05, 0.1) is 24.8 Å². The van der Waals surface area contributed by atoms with Crippen LogP contribution >= 0.6 is 11.3 Å². The van der Waals surface area contributed by atoms with Gasteiger partial charge in [-0.25, -0.2) is 10.8 Å². The molecule has 0 radical (unpaired) electrons. The number of benzene rings is 1. The van der Waals surface area contributed by atoms with Gasteiger partial charge < -0.3 is 9.47 Å². The molecule has 0 aliphatic heterocycles. The van der Waals surface area contributed by atoms with Crippen LogP contribution in [0.3, 0.4) is 0 Å². The monoisotopic (exact) mass is 265 g/mol. The highest BCUT2D eigenvalue weighted by atomic mass is 32.1. The third-order valence-corrected chi connectivity index (χ3v) is 3.70. The molecular formula is C12H15N3O2S.